The minimum atomic E-state index is -0.458. The monoisotopic (exact) mass is 411 g/mol. The van der Waals surface area contributed by atoms with Crippen molar-refractivity contribution in [3.8, 4) is 5.88 Å². The molecule has 0 unspecified atom stereocenters. The Labute approximate surface area is 173 Å². The molecule has 9 nitrogen and oxygen atoms in total. The van der Waals surface area contributed by atoms with Crippen LogP contribution < -0.4 is 15.6 Å². The van der Waals surface area contributed by atoms with Gasteiger partial charge in [0.05, 0.1) is 12.7 Å². The highest BCUT2D eigenvalue weighted by Gasteiger charge is 2.21. The number of aromatic nitrogens is 4. The summed E-state index contributed by atoms with van der Waals surface area (Å²) in [5, 5.41) is 7.95. The number of carbonyl (C=O) groups excluding carboxylic acids is 1. The molecule has 4 heterocycles. The van der Waals surface area contributed by atoms with Crippen molar-refractivity contribution < 1.29 is 14.3 Å². The molecule has 4 rings (SSSR count). The van der Waals surface area contributed by atoms with Gasteiger partial charge in [-0.15, -0.1) is 0 Å². The van der Waals surface area contributed by atoms with Crippen LogP contribution in [0.3, 0.4) is 0 Å². The summed E-state index contributed by atoms with van der Waals surface area (Å²) in [6.45, 7) is 5.96. The average molecular weight is 411 g/mol. The molecule has 30 heavy (non-hydrogen) atoms. The Morgan fingerprint density at radius 2 is 2.27 bits per heavy atom. The third-order valence-electron chi connectivity index (χ3n) is 4.94. The number of fused-ring (bicyclic) bond motifs is 1. The van der Waals surface area contributed by atoms with Crippen LogP contribution in [0.4, 0.5) is 5.69 Å². The van der Waals surface area contributed by atoms with E-state index in [1.165, 1.54) is 4.57 Å². The largest absolute Gasteiger partial charge is 0.474 e. The number of ether oxygens (including phenoxy) is 2. The third-order valence-corrected chi connectivity index (χ3v) is 4.94. The van der Waals surface area contributed by atoms with Crippen molar-refractivity contribution >= 4 is 22.6 Å². The van der Waals surface area contributed by atoms with Gasteiger partial charge in [0.15, 0.2) is 5.65 Å². The van der Waals surface area contributed by atoms with Crippen LogP contribution in [-0.4, -0.2) is 44.6 Å². The molecule has 3 aromatic rings. The Morgan fingerprint density at radius 3 is 3.00 bits per heavy atom. The lowest BCUT2D eigenvalue weighted by Crippen LogP contribution is -2.24. The van der Waals surface area contributed by atoms with Crippen molar-refractivity contribution in [2.75, 3.05) is 18.5 Å². The Hall–Kier alpha value is -3.20. The van der Waals surface area contributed by atoms with Gasteiger partial charge in [0.1, 0.15) is 11.3 Å². The van der Waals surface area contributed by atoms with E-state index >= 15 is 0 Å². The molecule has 1 N–H and O–H groups in total. The van der Waals surface area contributed by atoms with Crippen molar-refractivity contribution in [3.05, 3.63) is 46.5 Å². The molecule has 0 radical (unpaired) electrons. The van der Waals surface area contributed by atoms with Crippen LogP contribution in [-0.2, 0) is 18.3 Å². The standard InChI is InChI=1S/C21H25N5O4/c1-13(2)30-20-16(19(27)22-17-5-4-7-25(3)21(17)28)9-15-11-26(24-18(15)23-20)10-14-6-8-29-12-14/h4-5,7,9,11,13-14H,6,8,10,12H2,1-3H3,(H,22,27)/t14-/m1/s1. The second-order valence-corrected chi connectivity index (χ2v) is 7.79. The second kappa shape index (κ2) is 8.27. The number of hydrogen-bond donors (Lipinski definition) is 1. The number of anilines is 1. The first kappa shape index (κ1) is 20.1. The van der Waals surface area contributed by atoms with E-state index in [0.717, 1.165) is 31.6 Å². The van der Waals surface area contributed by atoms with Crippen LogP contribution in [0.1, 0.15) is 30.6 Å². The molecular formula is C21H25N5O4. The molecule has 1 fully saturated rings. The highest BCUT2D eigenvalue weighted by Crippen LogP contribution is 2.24. The van der Waals surface area contributed by atoms with Crippen LogP contribution >= 0.6 is 0 Å². The van der Waals surface area contributed by atoms with E-state index in [9.17, 15) is 9.59 Å². The molecule has 0 aromatic carbocycles. The maximum absolute atomic E-state index is 13.0. The van der Waals surface area contributed by atoms with Crippen molar-refractivity contribution in [3.63, 3.8) is 0 Å². The zero-order valence-corrected chi connectivity index (χ0v) is 17.3. The van der Waals surface area contributed by atoms with E-state index < -0.39 is 5.91 Å². The predicted molar refractivity (Wildman–Crippen MR) is 112 cm³/mol. The predicted octanol–water partition coefficient (Wildman–Crippen LogP) is 2.21. The number of nitrogens with zero attached hydrogens (tertiary/aromatic N) is 4. The summed E-state index contributed by atoms with van der Waals surface area (Å²) in [6.07, 6.45) is 4.33. The van der Waals surface area contributed by atoms with Crippen molar-refractivity contribution in [1.82, 2.24) is 19.3 Å². The highest BCUT2D eigenvalue weighted by atomic mass is 16.5. The SMILES string of the molecule is CC(C)Oc1nc2nn(C[C@H]3CCOC3)cc2cc1C(=O)Nc1cccn(C)c1=O. The van der Waals surface area contributed by atoms with Crippen molar-refractivity contribution in [1.29, 1.82) is 0 Å². The zero-order valence-electron chi connectivity index (χ0n) is 17.3. The molecule has 9 heteroatoms. The number of hydrogen-bond acceptors (Lipinski definition) is 6. The summed E-state index contributed by atoms with van der Waals surface area (Å²) in [5.74, 6) is 0.153. The molecule has 0 saturated carbocycles. The van der Waals surface area contributed by atoms with Gasteiger partial charge < -0.3 is 19.4 Å². The molecule has 3 aromatic heterocycles. The molecule has 1 aliphatic heterocycles. The van der Waals surface area contributed by atoms with Gasteiger partial charge in [0, 0.05) is 43.9 Å². The van der Waals surface area contributed by atoms with Gasteiger partial charge in [-0.05, 0) is 38.5 Å². The zero-order chi connectivity index (χ0) is 21.3. The van der Waals surface area contributed by atoms with Crippen LogP contribution in [0.15, 0.2) is 35.4 Å². The van der Waals surface area contributed by atoms with Crippen LogP contribution in [0.25, 0.3) is 11.0 Å². The molecule has 0 spiro atoms. The van der Waals surface area contributed by atoms with Crippen LogP contribution in [0, 0.1) is 5.92 Å². The third kappa shape index (κ3) is 4.20. The average Bonchev–Trinajstić information content (AvgIpc) is 3.33. The van der Waals surface area contributed by atoms with E-state index in [0.29, 0.717) is 11.6 Å². The fourth-order valence-corrected chi connectivity index (χ4v) is 3.43. The first-order chi connectivity index (χ1) is 14.4. The summed E-state index contributed by atoms with van der Waals surface area (Å²) >= 11 is 0. The van der Waals surface area contributed by atoms with Crippen LogP contribution in [0.2, 0.25) is 0 Å². The summed E-state index contributed by atoms with van der Waals surface area (Å²) < 4.78 is 14.5. The van der Waals surface area contributed by atoms with Crippen molar-refractivity contribution in [2.24, 2.45) is 13.0 Å². The normalized spacial score (nSPS) is 16.3. The lowest BCUT2D eigenvalue weighted by molar-refractivity contribution is 0.102. The van der Waals surface area contributed by atoms with Gasteiger partial charge in [0.25, 0.3) is 11.5 Å². The van der Waals surface area contributed by atoms with E-state index in [2.05, 4.69) is 15.4 Å². The number of aryl methyl sites for hydroxylation is 1. The summed E-state index contributed by atoms with van der Waals surface area (Å²) in [7, 11) is 1.63. The maximum Gasteiger partial charge on any atom is 0.274 e. The van der Waals surface area contributed by atoms with Gasteiger partial charge in [0.2, 0.25) is 5.88 Å². The number of carbonyl (C=O) groups is 1. The van der Waals surface area contributed by atoms with Gasteiger partial charge in [-0.25, -0.2) is 0 Å². The minimum Gasteiger partial charge on any atom is -0.474 e. The van der Waals surface area contributed by atoms with E-state index in [1.807, 2.05) is 24.7 Å². The van der Waals surface area contributed by atoms with Crippen LogP contribution in [0.5, 0.6) is 5.88 Å². The number of nitrogens with one attached hydrogen (secondary N) is 1. The Bertz CT molecular complexity index is 1130. The van der Waals surface area contributed by atoms with Gasteiger partial charge >= 0.3 is 0 Å². The minimum absolute atomic E-state index is 0.177. The fraction of sp³-hybridized carbons (Fsp3) is 0.429. The molecule has 0 bridgehead atoms. The molecular weight excluding hydrogens is 386 g/mol. The highest BCUT2D eigenvalue weighted by molar-refractivity contribution is 6.07. The first-order valence-corrected chi connectivity index (χ1v) is 10.0. The van der Waals surface area contributed by atoms with Crippen molar-refractivity contribution in [2.45, 2.75) is 32.9 Å². The Balaban J connectivity index is 1.67. The van der Waals surface area contributed by atoms with Gasteiger partial charge in [-0.1, -0.05) is 0 Å². The number of rotatable bonds is 6. The quantitative estimate of drug-likeness (QED) is 0.668. The lowest BCUT2D eigenvalue weighted by atomic mass is 10.1. The number of pyridine rings is 2. The Morgan fingerprint density at radius 1 is 1.43 bits per heavy atom. The number of amides is 1. The maximum atomic E-state index is 13.0. The smallest absolute Gasteiger partial charge is 0.274 e. The molecule has 158 valence electrons. The summed E-state index contributed by atoms with van der Waals surface area (Å²) in [5.41, 5.74) is 0.665. The molecule has 1 aliphatic rings. The Kier molecular flexibility index (Phi) is 5.54. The summed E-state index contributed by atoms with van der Waals surface area (Å²) in [6, 6.07) is 4.97. The summed E-state index contributed by atoms with van der Waals surface area (Å²) in [4.78, 5) is 29.7. The molecule has 1 amide bonds. The van der Waals surface area contributed by atoms with Gasteiger partial charge in [-0.2, -0.15) is 10.1 Å². The lowest BCUT2D eigenvalue weighted by Gasteiger charge is -2.13. The van der Waals surface area contributed by atoms with E-state index in [4.69, 9.17) is 9.47 Å². The topological polar surface area (TPSA) is 100 Å². The van der Waals surface area contributed by atoms with E-state index in [-0.39, 0.29) is 28.8 Å². The molecule has 1 atom stereocenters. The van der Waals surface area contributed by atoms with Gasteiger partial charge in [-0.3, -0.25) is 14.3 Å². The van der Waals surface area contributed by atoms with E-state index in [1.54, 1.807) is 31.4 Å². The first-order valence-electron chi connectivity index (χ1n) is 10.0. The molecule has 0 aliphatic carbocycles. The fourth-order valence-electron chi connectivity index (χ4n) is 3.43. The second-order valence-electron chi connectivity index (χ2n) is 7.79. The molecule has 1 saturated heterocycles.